The zero-order chi connectivity index (χ0) is 23.1. The third kappa shape index (κ3) is 5.14. The van der Waals surface area contributed by atoms with Gasteiger partial charge in [0.1, 0.15) is 0 Å². The van der Waals surface area contributed by atoms with E-state index in [1.807, 2.05) is 24.3 Å². The summed E-state index contributed by atoms with van der Waals surface area (Å²) >= 11 is 0. The van der Waals surface area contributed by atoms with E-state index >= 15 is 0 Å². The molecule has 0 radical (unpaired) electrons. The molecule has 8 nitrogen and oxygen atoms in total. The minimum atomic E-state index is 0.297. The van der Waals surface area contributed by atoms with E-state index in [4.69, 9.17) is 28.4 Å². The zero-order valence-corrected chi connectivity index (χ0v) is 19.8. The molecule has 8 heteroatoms. The van der Waals surface area contributed by atoms with Crippen molar-refractivity contribution in [2.75, 3.05) is 62.3 Å². The summed E-state index contributed by atoms with van der Waals surface area (Å²) in [5, 5.41) is 3.52. The van der Waals surface area contributed by atoms with Gasteiger partial charge in [-0.05, 0) is 41.8 Å². The topological polar surface area (TPSA) is 70.7 Å². The number of hydrogen-bond acceptors (Lipinski definition) is 8. The van der Waals surface area contributed by atoms with E-state index in [-0.39, 0.29) is 0 Å². The quantitative estimate of drug-likeness (QED) is 0.598. The Morgan fingerprint density at radius 3 is 1.62 bits per heavy atom. The van der Waals surface area contributed by atoms with Gasteiger partial charge in [-0.3, -0.25) is 4.90 Å². The Morgan fingerprint density at radius 2 is 1.19 bits per heavy atom. The van der Waals surface area contributed by atoms with Gasteiger partial charge in [0.25, 0.3) is 0 Å². The number of piperazine rings is 1. The molecule has 1 saturated heterocycles. The zero-order valence-electron chi connectivity index (χ0n) is 19.8. The summed E-state index contributed by atoms with van der Waals surface area (Å²) in [6.45, 7) is 3.54. The molecule has 0 spiro atoms. The lowest BCUT2D eigenvalue weighted by Gasteiger charge is -2.36. The Morgan fingerprint density at radius 1 is 0.719 bits per heavy atom. The van der Waals surface area contributed by atoms with Crippen molar-refractivity contribution in [3.63, 3.8) is 0 Å². The van der Waals surface area contributed by atoms with Crippen LogP contribution in [0.25, 0.3) is 0 Å². The van der Waals surface area contributed by atoms with Gasteiger partial charge in [-0.2, -0.15) is 0 Å². The molecule has 1 unspecified atom stereocenters. The number of nitrogens with zero attached hydrogens (tertiary/aromatic N) is 1. The summed E-state index contributed by atoms with van der Waals surface area (Å²) in [5.41, 5.74) is 2.24. The number of hydrogen-bond donors (Lipinski definition) is 1. The van der Waals surface area contributed by atoms with Gasteiger partial charge in [-0.1, -0.05) is 0 Å². The smallest absolute Gasteiger partial charge is 0.203 e. The van der Waals surface area contributed by atoms with Crippen LogP contribution in [0.2, 0.25) is 0 Å². The minimum absolute atomic E-state index is 0.297. The normalized spacial score (nSPS) is 16.4. The van der Waals surface area contributed by atoms with Crippen LogP contribution in [0.4, 0.5) is 0 Å². The maximum absolute atomic E-state index is 5.53. The van der Waals surface area contributed by atoms with Crippen LogP contribution < -0.4 is 33.7 Å². The van der Waals surface area contributed by atoms with E-state index in [9.17, 15) is 0 Å². The molecule has 3 rings (SSSR count). The van der Waals surface area contributed by atoms with Crippen molar-refractivity contribution >= 4 is 0 Å². The molecule has 176 valence electrons. The van der Waals surface area contributed by atoms with Gasteiger partial charge in [0, 0.05) is 32.2 Å². The highest BCUT2D eigenvalue weighted by molar-refractivity contribution is 5.55. The van der Waals surface area contributed by atoms with Gasteiger partial charge in [0.2, 0.25) is 11.5 Å². The number of benzene rings is 2. The molecule has 1 N–H and O–H groups in total. The van der Waals surface area contributed by atoms with Crippen molar-refractivity contribution in [3.05, 3.63) is 35.4 Å². The summed E-state index contributed by atoms with van der Waals surface area (Å²) in [5.74, 6) is 3.88. The van der Waals surface area contributed by atoms with Gasteiger partial charge < -0.3 is 33.7 Å². The van der Waals surface area contributed by atoms with Crippen LogP contribution >= 0.6 is 0 Å². The molecule has 2 aromatic carbocycles. The Kier molecular flexibility index (Phi) is 8.30. The first-order chi connectivity index (χ1) is 15.6. The van der Waals surface area contributed by atoms with Gasteiger partial charge >= 0.3 is 0 Å². The molecule has 2 aromatic rings. The molecule has 1 atom stereocenters. The molecule has 0 bridgehead atoms. The van der Waals surface area contributed by atoms with Gasteiger partial charge in [0.15, 0.2) is 23.0 Å². The molecule has 32 heavy (non-hydrogen) atoms. The Balaban J connectivity index is 1.85. The van der Waals surface area contributed by atoms with Crippen LogP contribution in [0.15, 0.2) is 24.3 Å². The average Bonchev–Trinajstić information content (AvgIpc) is 2.83. The predicted molar refractivity (Wildman–Crippen MR) is 123 cm³/mol. The summed E-state index contributed by atoms with van der Waals surface area (Å²) in [6, 6.07) is 8.37. The first kappa shape index (κ1) is 23.8. The van der Waals surface area contributed by atoms with Crippen molar-refractivity contribution in [2.45, 2.75) is 19.0 Å². The highest BCUT2D eigenvalue weighted by atomic mass is 16.5. The van der Waals surface area contributed by atoms with Gasteiger partial charge in [0.05, 0.1) is 42.7 Å². The molecular formula is C24H34N2O6. The molecule has 0 aliphatic carbocycles. The maximum Gasteiger partial charge on any atom is 0.203 e. The van der Waals surface area contributed by atoms with Crippen LogP contribution in [-0.2, 0) is 13.0 Å². The van der Waals surface area contributed by atoms with Crippen LogP contribution in [0.5, 0.6) is 34.5 Å². The van der Waals surface area contributed by atoms with E-state index in [1.165, 1.54) is 0 Å². The molecular weight excluding hydrogens is 412 g/mol. The summed E-state index contributed by atoms with van der Waals surface area (Å²) < 4.78 is 33.0. The molecule has 1 fully saturated rings. The predicted octanol–water partition coefficient (Wildman–Crippen LogP) is 2.75. The van der Waals surface area contributed by atoms with Crippen molar-refractivity contribution in [1.82, 2.24) is 10.2 Å². The lowest BCUT2D eigenvalue weighted by atomic mass is 10.0. The number of methoxy groups -OCH3 is 6. The SMILES string of the molecule is COc1cc(CC2CNCCN2Cc2cc(OC)c(OC)c(OC)c2)cc(OC)c1OC. The van der Waals surface area contributed by atoms with Crippen LogP contribution in [0, 0.1) is 0 Å². The highest BCUT2D eigenvalue weighted by Crippen LogP contribution is 2.40. The largest absolute Gasteiger partial charge is 0.493 e. The van der Waals surface area contributed by atoms with Gasteiger partial charge in [-0.15, -0.1) is 0 Å². The lowest BCUT2D eigenvalue weighted by molar-refractivity contribution is 0.151. The summed E-state index contributed by atoms with van der Waals surface area (Å²) in [6.07, 6.45) is 0.841. The minimum Gasteiger partial charge on any atom is -0.493 e. The van der Waals surface area contributed by atoms with Crippen LogP contribution in [-0.4, -0.2) is 73.2 Å². The second-order valence-corrected chi connectivity index (χ2v) is 7.60. The van der Waals surface area contributed by atoms with E-state index in [1.54, 1.807) is 42.7 Å². The van der Waals surface area contributed by atoms with Crippen molar-refractivity contribution in [2.24, 2.45) is 0 Å². The van der Waals surface area contributed by atoms with Crippen molar-refractivity contribution in [1.29, 1.82) is 0 Å². The third-order valence-electron chi connectivity index (χ3n) is 5.78. The fraction of sp³-hybridized carbons (Fsp3) is 0.500. The van der Waals surface area contributed by atoms with Gasteiger partial charge in [-0.25, -0.2) is 0 Å². The summed E-state index contributed by atoms with van der Waals surface area (Å²) in [4.78, 5) is 2.47. The van der Waals surface area contributed by atoms with E-state index in [0.717, 1.165) is 43.7 Å². The van der Waals surface area contributed by atoms with E-state index < -0.39 is 0 Å². The Bertz CT molecular complexity index is 781. The van der Waals surface area contributed by atoms with Crippen molar-refractivity contribution in [3.8, 4) is 34.5 Å². The third-order valence-corrected chi connectivity index (χ3v) is 5.78. The molecule has 0 amide bonds. The van der Waals surface area contributed by atoms with E-state index in [2.05, 4.69) is 10.2 Å². The Labute approximate surface area is 190 Å². The lowest BCUT2D eigenvalue weighted by Crippen LogP contribution is -2.51. The standard InChI is InChI=1S/C24H34N2O6/c1-27-19-10-16(11-20(28-2)23(19)31-5)9-18-14-25-7-8-26(18)15-17-12-21(29-3)24(32-6)22(13-17)30-4/h10-13,18,25H,7-9,14-15H2,1-6H3. The first-order valence-corrected chi connectivity index (χ1v) is 10.6. The number of ether oxygens (including phenoxy) is 6. The Hall–Kier alpha value is -2.84. The molecule has 1 heterocycles. The molecule has 0 saturated carbocycles. The fourth-order valence-corrected chi connectivity index (χ4v) is 4.20. The number of nitrogens with one attached hydrogen (secondary N) is 1. The number of rotatable bonds is 10. The van der Waals surface area contributed by atoms with Crippen LogP contribution in [0.1, 0.15) is 11.1 Å². The first-order valence-electron chi connectivity index (χ1n) is 10.6. The average molecular weight is 447 g/mol. The summed E-state index contributed by atoms with van der Waals surface area (Å²) in [7, 11) is 9.78. The van der Waals surface area contributed by atoms with E-state index in [0.29, 0.717) is 40.5 Å². The van der Waals surface area contributed by atoms with Crippen molar-refractivity contribution < 1.29 is 28.4 Å². The molecule has 1 aliphatic rings. The maximum atomic E-state index is 5.53. The van der Waals surface area contributed by atoms with Crippen LogP contribution in [0.3, 0.4) is 0 Å². The highest BCUT2D eigenvalue weighted by Gasteiger charge is 2.25. The molecule has 0 aromatic heterocycles. The molecule has 1 aliphatic heterocycles. The monoisotopic (exact) mass is 446 g/mol. The second-order valence-electron chi connectivity index (χ2n) is 7.60. The fourth-order valence-electron chi connectivity index (χ4n) is 4.20. The second kappa shape index (κ2) is 11.2.